The number of nitrogens with two attached hydrogens (primary N) is 1. The number of carbonyl (C=O) groups excluding carboxylic acids is 1. The number of anilines is 2. The van der Waals surface area contributed by atoms with Gasteiger partial charge in [-0.15, -0.1) is 0 Å². The van der Waals surface area contributed by atoms with Crippen LogP contribution in [0, 0.1) is 0 Å². The van der Waals surface area contributed by atoms with E-state index in [1.54, 1.807) is 33.0 Å². The molecule has 9 heteroatoms. The Morgan fingerprint density at radius 1 is 1.48 bits per heavy atom. The van der Waals surface area contributed by atoms with E-state index in [0.717, 1.165) is 4.47 Å². The summed E-state index contributed by atoms with van der Waals surface area (Å²) in [6, 6.07) is 0.609. The lowest BCUT2D eigenvalue weighted by Gasteiger charge is -2.22. The molecule has 0 bridgehead atoms. The van der Waals surface area contributed by atoms with Gasteiger partial charge >= 0.3 is 12.1 Å². The van der Waals surface area contributed by atoms with E-state index < -0.39 is 23.7 Å². The minimum Gasteiger partial charge on any atom is -0.480 e. The van der Waals surface area contributed by atoms with Crippen molar-refractivity contribution in [3.8, 4) is 0 Å². The number of rotatable bonds is 6. The second-order valence-corrected chi connectivity index (χ2v) is 6.76. The van der Waals surface area contributed by atoms with Crippen molar-refractivity contribution >= 4 is 39.5 Å². The number of hydrogen-bond acceptors (Lipinski definition) is 6. The van der Waals surface area contributed by atoms with Crippen molar-refractivity contribution in [2.45, 2.75) is 38.8 Å². The van der Waals surface area contributed by atoms with E-state index in [4.69, 9.17) is 15.6 Å². The molecule has 23 heavy (non-hydrogen) atoms. The van der Waals surface area contributed by atoms with Gasteiger partial charge < -0.3 is 26.2 Å². The first-order valence-corrected chi connectivity index (χ1v) is 7.75. The summed E-state index contributed by atoms with van der Waals surface area (Å²) in [6.07, 6.45) is 0.948. The number of aromatic nitrogens is 1. The summed E-state index contributed by atoms with van der Waals surface area (Å²) in [6.45, 7) is 5.37. The van der Waals surface area contributed by atoms with Crippen molar-refractivity contribution in [1.29, 1.82) is 0 Å². The van der Waals surface area contributed by atoms with Crippen LogP contribution in [0.5, 0.6) is 0 Å². The van der Waals surface area contributed by atoms with E-state index in [1.807, 2.05) is 0 Å². The van der Waals surface area contributed by atoms with E-state index in [-0.39, 0.29) is 13.0 Å². The number of amides is 1. The van der Waals surface area contributed by atoms with Crippen molar-refractivity contribution in [3.63, 3.8) is 0 Å². The number of alkyl carbamates (subject to hydrolysis) is 1. The number of nitrogens with one attached hydrogen (secondary N) is 2. The molecule has 1 aromatic rings. The summed E-state index contributed by atoms with van der Waals surface area (Å²) in [4.78, 5) is 26.9. The number of halogens is 1. The molecule has 0 aliphatic carbocycles. The molecule has 5 N–H and O–H groups in total. The van der Waals surface area contributed by atoms with E-state index in [1.165, 1.54) is 0 Å². The van der Waals surface area contributed by atoms with Gasteiger partial charge in [0.2, 0.25) is 0 Å². The van der Waals surface area contributed by atoms with Gasteiger partial charge in [0.15, 0.2) is 0 Å². The molecule has 0 aromatic carbocycles. The lowest BCUT2D eigenvalue weighted by atomic mass is 10.2. The number of hydrogen-bond donors (Lipinski definition) is 4. The first kappa shape index (κ1) is 19.0. The highest BCUT2D eigenvalue weighted by Gasteiger charge is 2.23. The monoisotopic (exact) mass is 388 g/mol. The van der Waals surface area contributed by atoms with Gasteiger partial charge in [0.1, 0.15) is 17.5 Å². The largest absolute Gasteiger partial charge is 0.480 e. The van der Waals surface area contributed by atoms with Crippen LogP contribution in [0.2, 0.25) is 0 Å². The number of nitrogens with zero attached hydrogens (tertiary/aromatic N) is 1. The molecule has 1 unspecified atom stereocenters. The zero-order chi connectivity index (χ0) is 17.6. The number of carboxylic acids is 1. The maximum atomic E-state index is 11.6. The summed E-state index contributed by atoms with van der Waals surface area (Å²) >= 11 is 3.25. The van der Waals surface area contributed by atoms with Crippen LogP contribution in [0.1, 0.15) is 27.2 Å². The minimum absolute atomic E-state index is 0.145. The maximum absolute atomic E-state index is 11.6. The van der Waals surface area contributed by atoms with E-state index in [9.17, 15) is 9.59 Å². The second-order valence-electron chi connectivity index (χ2n) is 5.84. The zero-order valence-electron chi connectivity index (χ0n) is 13.2. The van der Waals surface area contributed by atoms with Gasteiger partial charge in [-0.1, -0.05) is 0 Å². The topological polar surface area (TPSA) is 127 Å². The Morgan fingerprint density at radius 3 is 2.65 bits per heavy atom. The number of carbonyl (C=O) groups is 2. The summed E-state index contributed by atoms with van der Waals surface area (Å²) in [5.74, 6) is -0.691. The van der Waals surface area contributed by atoms with E-state index in [0.29, 0.717) is 11.5 Å². The van der Waals surface area contributed by atoms with E-state index >= 15 is 0 Å². The van der Waals surface area contributed by atoms with Crippen molar-refractivity contribution < 1.29 is 19.4 Å². The van der Waals surface area contributed by atoms with Crippen LogP contribution in [0.4, 0.5) is 16.3 Å². The molecule has 0 radical (unpaired) electrons. The first-order valence-electron chi connectivity index (χ1n) is 6.95. The van der Waals surface area contributed by atoms with Crippen molar-refractivity contribution in [2.75, 3.05) is 17.6 Å². The van der Waals surface area contributed by atoms with Crippen LogP contribution in [-0.2, 0) is 9.53 Å². The first-order chi connectivity index (χ1) is 10.6. The van der Waals surface area contributed by atoms with Gasteiger partial charge in [-0.3, -0.25) is 0 Å². The smallest absolute Gasteiger partial charge is 0.408 e. The van der Waals surface area contributed by atoms with Gasteiger partial charge in [-0.25, -0.2) is 14.6 Å². The normalized spacial score (nSPS) is 12.3. The fourth-order valence-electron chi connectivity index (χ4n) is 1.64. The average Bonchev–Trinajstić information content (AvgIpc) is 2.37. The van der Waals surface area contributed by atoms with Crippen LogP contribution in [0.25, 0.3) is 0 Å². The van der Waals surface area contributed by atoms with Crippen LogP contribution in [0.3, 0.4) is 0 Å². The standard InChI is InChI=1S/C14H21BrN4O4/c1-14(2,3)23-13(22)19-10(12(20)21)4-5-17-11-9(16)6-8(15)7-18-11/h6-7,10H,4-5,16H2,1-3H3,(H,17,18)(H,19,22)(H,20,21). The van der Waals surface area contributed by atoms with Crippen LogP contribution >= 0.6 is 15.9 Å². The Bertz CT molecular complexity index is 574. The molecule has 1 heterocycles. The van der Waals surface area contributed by atoms with Crippen molar-refractivity contribution in [1.82, 2.24) is 10.3 Å². The summed E-state index contributed by atoms with van der Waals surface area (Å²) in [5, 5.41) is 14.4. The average molecular weight is 389 g/mol. The van der Waals surface area contributed by atoms with Crippen LogP contribution in [-0.4, -0.2) is 40.3 Å². The number of aliphatic carboxylic acids is 1. The van der Waals surface area contributed by atoms with Gasteiger partial charge in [0.25, 0.3) is 0 Å². The summed E-state index contributed by atoms with van der Waals surface area (Å²) in [5.41, 5.74) is 5.53. The minimum atomic E-state index is -1.14. The predicted molar refractivity (Wildman–Crippen MR) is 90.2 cm³/mol. The van der Waals surface area contributed by atoms with Crippen molar-refractivity contribution in [3.05, 3.63) is 16.7 Å². The SMILES string of the molecule is CC(C)(C)OC(=O)NC(CCNc1ncc(Br)cc1N)C(=O)O. The fraction of sp³-hybridized carbons (Fsp3) is 0.500. The molecule has 0 aliphatic rings. The molecule has 8 nitrogen and oxygen atoms in total. The molecule has 0 fully saturated rings. The fourth-order valence-corrected chi connectivity index (χ4v) is 1.99. The molecule has 1 atom stereocenters. The Hall–Kier alpha value is -2.03. The van der Waals surface area contributed by atoms with Gasteiger partial charge in [0.05, 0.1) is 5.69 Å². The molecular formula is C14H21BrN4O4. The third-order valence-electron chi connectivity index (χ3n) is 2.60. The summed E-state index contributed by atoms with van der Waals surface area (Å²) in [7, 11) is 0. The Kier molecular flexibility index (Phi) is 6.62. The Balaban J connectivity index is 2.53. The van der Waals surface area contributed by atoms with Gasteiger partial charge in [-0.05, 0) is 49.2 Å². The number of carboxylic acid groups (broad SMARTS) is 1. The third-order valence-corrected chi connectivity index (χ3v) is 3.03. The maximum Gasteiger partial charge on any atom is 0.408 e. The highest BCUT2D eigenvalue weighted by atomic mass is 79.9. The molecule has 1 aromatic heterocycles. The molecule has 0 saturated heterocycles. The lowest BCUT2D eigenvalue weighted by molar-refractivity contribution is -0.139. The molecule has 0 aliphatic heterocycles. The van der Waals surface area contributed by atoms with Crippen LogP contribution in [0.15, 0.2) is 16.7 Å². The zero-order valence-corrected chi connectivity index (χ0v) is 14.8. The Morgan fingerprint density at radius 2 is 2.13 bits per heavy atom. The van der Waals surface area contributed by atoms with Gasteiger partial charge in [-0.2, -0.15) is 0 Å². The number of nitrogen functional groups attached to an aromatic ring is 1. The highest BCUT2D eigenvalue weighted by molar-refractivity contribution is 9.10. The molecule has 1 rings (SSSR count). The highest BCUT2D eigenvalue weighted by Crippen LogP contribution is 2.19. The number of pyridine rings is 1. The quantitative estimate of drug-likeness (QED) is 0.588. The number of ether oxygens (including phenoxy) is 1. The second kappa shape index (κ2) is 8.00. The summed E-state index contributed by atoms with van der Waals surface area (Å²) < 4.78 is 5.79. The predicted octanol–water partition coefficient (Wildman–Crippen LogP) is 2.21. The molecule has 128 valence electrons. The van der Waals surface area contributed by atoms with Crippen molar-refractivity contribution in [2.24, 2.45) is 0 Å². The molecular weight excluding hydrogens is 368 g/mol. The third kappa shape index (κ3) is 7.18. The van der Waals surface area contributed by atoms with Crippen LogP contribution < -0.4 is 16.4 Å². The van der Waals surface area contributed by atoms with Gasteiger partial charge in [0, 0.05) is 17.2 Å². The molecule has 0 saturated carbocycles. The van der Waals surface area contributed by atoms with E-state index in [2.05, 4.69) is 31.5 Å². The Labute approximate surface area is 142 Å². The lowest BCUT2D eigenvalue weighted by Crippen LogP contribution is -2.44. The molecule has 0 spiro atoms. The molecule has 1 amide bonds.